The Kier molecular flexibility index (Phi) is 12.5. The van der Waals surface area contributed by atoms with Gasteiger partial charge in [-0.05, 0) is 53.0 Å². The number of rotatable bonds is 14. The Morgan fingerprint density at radius 2 is 1.15 bits per heavy atom. The highest BCUT2D eigenvalue weighted by atomic mass is 32.1. The summed E-state index contributed by atoms with van der Waals surface area (Å²) in [5.41, 5.74) is 1.90. The Balaban J connectivity index is 2.61. The van der Waals surface area contributed by atoms with E-state index in [0.717, 1.165) is 29.5 Å². The molecule has 3 nitrogen and oxygen atoms in total. The SMILES string of the molecule is CCCCCCCCCCCCCOC(=O)C(C)(S)c1cc(C(C)(C)C)c(O)c(C(C)(C)C)c1. The maximum atomic E-state index is 13.0. The Morgan fingerprint density at radius 1 is 0.765 bits per heavy atom. The van der Waals surface area contributed by atoms with E-state index in [9.17, 15) is 9.90 Å². The summed E-state index contributed by atoms with van der Waals surface area (Å²) in [6.07, 6.45) is 13.9. The third kappa shape index (κ3) is 9.84. The number of benzene rings is 1. The van der Waals surface area contributed by atoms with Crippen LogP contribution < -0.4 is 0 Å². The van der Waals surface area contributed by atoms with E-state index in [1.165, 1.54) is 57.8 Å². The number of phenols is 1. The molecular formula is C30H52O3S. The molecule has 1 atom stereocenters. The molecule has 0 saturated carbocycles. The van der Waals surface area contributed by atoms with Crippen molar-refractivity contribution in [2.45, 2.75) is 142 Å². The second kappa shape index (κ2) is 13.8. The van der Waals surface area contributed by atoms with Gasteiger partial charge in [-0.2, -0.15) is 12.6 Å². The predicted octanol–water partition coefficient (Wildman–Crippen LogP) is 8.99. The minimum atomic E-state index is -1.08. The van der Waals surface area contributed by atoms with Crippen LogP contribution in [0.2, 0.25) is 0 Å². The van der Waals surface area contributed by atoms with Crippen molar-refractivity contribution >= 4 is 18.6 Å². The maximum Gasteiger partial charge on any atom is 0.326 e. The highest BCUT2D eigenvalue weighted by molar-refractivity contribution is 7.82. The van der Waals surface area contributed by atoms with E-state index in [1.54, 1.807) is 6.92 Å². The van der Waals surface area contributed by atoms with E-state index < -0.39 is 4.75 Å². The molecule has 0 aliphatic heterocycles. The highest BCUT2D eigenvalue weighted by Crippen LogP contribution is 2.43. The summed E-state index contributed by atoms with van der Waals surface area (Å²) in [5.74, 6) is -0.0180. The molecule has 196 valence electrons. The smallest absolute Gasteiger partial charge is 0.326 e. The average molecular weight is 493 g/mol. The summed E-state index contributed by atoms with van der Waals surface area (Å²) in [5, 5.41) is 11.0. The third-order valence-corrected chi connectivity index (χ3v) is 7.11. The standard InChI is InChI=1S/C30H52O3S/c1-9-10-11-12-13-14-15-16-17-18-19-20-33-27(32)30(8,34)23-21-24(28(2,3)4)26(31)25(22-23)29(5,6)7/h21-22,31,34H,9-20H2,1-8H3. The van der Waals surface area contributed by atoms with Crippen molar-refractivity contribution in [1.29, 1.82) is 0 Å². The van der Waals surface area contributed by atoms with E-state index in [4.69, 9.17) is 17.4 Å². The zero-order valence-electron chi connectivity index (χ0n) is 23.4. The predicted molar refractivity (Wildman–Crippen MR) is 149 cm³/mol. The van der Waals surface area contributed by atoms with E-state index in [1.807, 2.05) is 12.1 Å². The van der Waals surface area contributed by atoms with Gasteiger partial charge in [-0.1, -0.05) is 113 Å². The Hall–Kier alpha value is -1.16. The highest BCUT2D eigenvalue weighted by Gasteiger charge is 2.36. The monoisotopic (exact) mass is 492 g/mol. The van der Waals surface area contributed by atoms with Gasteiger partial charge in [0.1, 0.15) is 10.5 Å². The molecule has 1 aromatic carbocycles. The lowest BCUT2D eigenvalue weighted by Gasteiger charge is -2.31. The molecule has 0 aliphatic carbocycles. The van der Waals surface area contributed by atoms with Gasteiger partial charge in [0.25, 0.3) is 0 Å². The fraction of sp³-hybridized carbons (Fsp3) is 0.767. The van der Waals surface area contributed by atoms with Gasteiger partial charge in [-0.25, -0.2) is 0 Å². The van der Waals surface area contributed by atoms with Crippen molar-refractivity contribution in [3.63, 3.8) is 0 Å². The number of aromatic hydroxyl groups is 1. The van der Waals surface area contributed by atoms with Crippen molar-refractivity contribution in [2.75, 3.05) is 6.61 Å². The minimum Gasteiger partial charge on any atom is -0.507 e. The van der Waals surface area contributed by atoms with Crippen LogP contribution in [0.5, 0.6) is 5.75 Å². The number of unbranched alkanes of at least 4 members (excludes halogenated alkanes) is 10. The largest absolute Gasteiger partial charge is 0.507 e. The number of carbonyl (C=O) groups is 1. The zero-order chi connectivity index (χ0) is 26.0. The molecule has 0 radical (unpaired) electrons. The van der Waals surface area contributed by atoms with Crippen LogP contribution in [0, 0.1) is 0 Å². The summed E-state index contributed by atoms with van der Waals surface area (Å²) < 4.78 is 4.57. The van der Waals surface area contributed by atoms with Crippen LogP contribution in [0.4, 0.5) is 0 Å². The molecule has 0 heterocycles. The van der Waals surface area contributed by atoms with Gasteiger partial charge >= 0.3 is 5.97 Å². The Morgan fingerprint density at radius 3 is 1.53 bits per heavy atom. The lowest BCUT2D eigenvalue weighted by atomic mass is 9.77. The Bertz CT molecular complexity index is 718. The first-order chi connectivity index (χ1) is 15.7. The molecule has 1 aromatic rings. The topological polar surface area (TPSA) is 46.5 Å². The van der Waals surface area contributed by atoms with E-state index >= 15 is 0 Å². The second-order valence-electron chi connectivity index (χ2n) is 12.2. The molecule has 0 fully saturated rings. The van der Waals surface area contributed by atoms with Gasteiger partial charge in [-0.15, -0.1) is 0 Å². The summed E-state index contributed by atoms with van der Waals surface area (Å²) >= 11 is 4.75. The van der Waals surface area contributed by atoms with E-state index in [0.29, 0.717) is 12.4 Å². The fourth-order valence-corrected chi connectivity index (χ4v) is 4.44. The summed E-state index contributed by atoms with van der Waals surface area (Å²) in [4.78, 5) is 13.0. The molecule has 34 heavy (non-hydrogen) atoms. The molecule has 0 spiro atoms. The molecule has 0 saturated heterocycles. The van der Waals surface area contributed by atoms with Gasteiger partial charge in [0.15, 0.2) is 0 Å². The third-order valence-electron chi connectivity index (χ3n) is 6.67. The average Bonchev–Trinajstić information content (AvgIpc) is 2.72. The number of carbonyl (C=O) groups excluding carboxylic acids is 1. The Labute approximate surface area is 215 Å². The summed E-state index contributed by atoms with van der Waals surface area (Å²) in [7, 11) is 0. The molecule has 1 N–H and O–H groups in total. The van der Waals surface area contributed by atoms with Crippen molar-refractivity contribution in [3.8, 4) is 5.75 Å². The molecule has 0 bridgehead atoms. The van der Waals surface area contributed by atoms with Gasteiger partial charge < -0.3 is 9.84 Å². The number of ether oxygens (including phenoxy) is 1. The first kappa shape index (κ1) is 30.9. The van der Waals surface area contributed by atoms with Crippen molar-refractivity contribution in [1.82, 2.24) is 0 Å². The lowest BCUT2D eigenvalue weighted by molar-refractivity contribution is -0.146. The molecule has 0 aliphatic rings. The minimum absolute atomic E-state index is 0.261. The number of hydrogen-bond acceptors (Lipinski definition) is 4. The number of hydrogen-bond donors (Lipinski definition) is 2. The van der Waals surface area contributed by atoms with Crippen LogP contribution in [-0.2, 0) is 25.1 Å². The van der Waals surface area contributed by atoms with Gasteiger partial charge in [0.2, 0.25) is 0 Å². The van der Waals surface area contributed by atoms with Crippen LogP contribution in [0.25, 0.3) is 0 Å². The van der Waals surface area contributed by atoms with Gasteiger partial charge in [-0.3, -0.25) is 4.79 Å². The first-order valence-electron chi connectivity index (χ1n) is 13.5. The lowest BCUT2D eigenvalue weighted by Crippen LogP contribution is -2.30. The quantitative estimate of drug-likeness (QED) is 0.155. The second-order valence-corrected chi connectivity index (χ2v) is 13.1. The number of esters is 1. The normalized spacial score (nSPS) is 14.1. The van der Waals surface area contributed by atoms with Crippen molar-refractivity contribution < 1.29 is 14.6 Å². The van der Waals surface area contributed by atoms with Crippen molar-refractivity contribution in [2.24, 2.45) is 0 Å². The van der Waals surface area contributed by atoms with Crippen LogP contribution in [-0.4, -0.2) is 17.7 Å². The van der Waals surface area contributed by atoms with E-state index in [-0.39, 0.29) is 16.8 Å². The number of thiol groups is 1. The molecule has 4 heteroatoms. The molecular weight excluding hydrogens is 440 g/mol. The van der Waals surface area contributed by atoms with E-state index in [2.05, 4.69) is 48.5 Å². The van der Waals surface area contributed by atoms with Crippen molar-refractivity contribution in [3.05, 3.63) is 28.8 Å². The zero-order valence-corrected chi connectivity index (χ0v) is 24.2. The molecule has 1 unspecified atom stereocenters. The maximum absolute atomic E-state index is 13.0. The molecule has 1 rings (SSSR count). The summed E-state index contributed by atoms with van der Waals surface area (Å²) in [6.45, 7) is 16.9. The van der Waals surface area contributed by atoms with Crippen LogP contribution >= 0.6 is 12.6 Å². The molecule has 0 amide bonds. The molecule has 0 aromatic heterocycles. The van der Waals surface area contributed by atoms with Crippen LogP contribution in [0.3, 0.4) is 0 Å². The number of phenolic OH excluding ortho intramolecular Hbond substituents is 1. The van der Waals surface area contributed by atoms with Crippen LogP contribution in [0.1, 0.15) is 143 Å². The van der Waals surface area contributed by atoms with Gasteiger partial charge in [0, 0.05) is 0 Å². The van der Waals surface area contributed by atoms with Crippen LogP contribution in [0.15, 0.2) is 12.1 Å². The van der Waals surface area contributed by atoms with Gasteiger partial charge in [0.05, 0.1) is 6.61 Å². The first-order valence-corrected chi connectivity index (χ1v) is 14.0. The fourth-order valence-electron chi connectivity index (χ4n) is 4.25. The summed E-state index contributed by atoms with van der Waals surface area (Å²) in [6, 6.07) is 3.84.